The minimum absolute atomic E-state index is 0.0331. The van der Waals surface area contributed by atoms with Crippen LogP contribution in [0.2, 0.25) is 5.02 Å². The van der Waals surface area contributed by atoms with Crippen molar-refractivity contribution < 1.29 is 32.6 Å². The van der Waals surface area contributed by atoms with Crippen LogP contribution >= 0.6 is 11.6 Å². The number of aryl methyl sites for hydroxylation is 1. The van der Waals surface area contributed by atoms with Gasteiger partial charge in [0.15, 0.2) is 0 Å². The lowest BCUT2D eigenvalue weighted by Crippen LogP contribution is -2.15. The summed E-state index contributed by atoms with van der Waals surface area (Å²) in [5.74, 6) is -3.92. The molecule has 0 saturated carbocycles. The highest BCUT2D eigenvalue weighted by Crippen LogP contribution is 2.28. The van der Waals surface area contributed by atoms with Gasteiger partial charge in [0, 0.05) is 17.6 Å². The van der Waals surface area contributed by atoms with E-state index in [9.17, 15) is 27.5 Å². The summed E-state index contributed by atoms with van der Waals surface area (Å²) in [6.45, 7) is 1.66. The maximum Gasteiger partial charge on any atom is 0.352 e. The maximum atomic E-state index is 13.7. The van der Waals surface area contributed by atoms with Gasteiger partial charge in [-0.25, -0.2) is 22.4 Å². The molecule has 8 nitrogen and oxygen atoms in total. The Morgan fingerprint density at radius 2 is 1.80 bits per heavy atom. The zero-order valence-corrected chi connectivity index (χ0v) is 16.8. The molecule has 2 aromatic carbocycles. The van der Waals surface area contributed by atoms with Crippen molar-refractivity contribution in [1.82, 2.24) is 4.57 Å². The van der Waals surface area contributed by atoms with Crippen molar-refractivity contribution in [2.75, 3.05) is 4.72 Å². The number of hydrogen-bond donors (Lipinski definition) is 3. The predicted octanol–water partition coefficient (Wildman–Crippen LogP) is 3.78. The van der Waals surface area contributed by atoms with Crippen LogP contribution in [0.25, 0.3) is 5.69 Å². The predicted molar refractivity (Wildman–Crippen MR) is 107 cm³/mol. The molecule has 0 aliphatic rings. The van der Waals surface area contributed by atoms with Crippen molar-refractivity contribution in [2.24, 2.45) is 0 Å². The molecule has 0 unspecified atom stereocenters. The van der Waals surface area contributed by atoms with Gasteiger partial charge in [-0.1, -0.05) is 11.6 Å². The number of anilines is 1. The molecule has 0 radical (unpaired) electrons. The van der Waals surface area contributed by atoms with Gasteiger partial charge in [-0.2, -0.15) is 0 Å². The molecule has 0 bridgehead atoms. The van der Waals surface area contributed by atoms with Crippen molar-refractivity contribution in [2.45, 2.75) is 11.8 Å². The first-order chi connectivity index (χ1) is 14.0. The molecule has 0 saturated heterocycles. The number of aromatic carboxylic acids is 2. The van der Waals surface area contributed by atoms with Crippen LogP contribution < -0.4 is 4.72 Å². The summed E-state index contributed by atoms with van der Waals surface area (Å²) < 4.78 is 42.8. The summed E-state index contributed by atoms with van der Waals surface area (Å²) in [5, 5.41) is 17.8. The van der Waals surface area contributed by atoms with Crippen LogP contribution in [0.1, 0.15) is 26.4 Å². The number of aromatic nitrogens is 1. The fraction of sp³-hybridized carbons (Fsp3) is 0.0526. The van der Waals surface area contributed by atoms with Gasteiger partial charge in [0.25, 0.3) is 10.0 Å². The molecule has 3 aromatic rings. The number of sulfonamides is 1. The average molecular weight is 453 g/mol. The molecule has 0 spiro atoms. The Morgan fingerprint density at radius 1 is 1.10 bits per heavy atom. The van der Waals surface area contributed by atoms with Crippen molar-refractivity contribution in [3.8, 4) is 5.69 Å². The quantitative estimate of drug-likeness (QED) is 0.522. The van der Waals surface area contributed by atoms with E-state index in [1.165, 1.54) is 28.8 Å². The first-order valence-electron chi connectivity index (χ1n) is 8.28. The fourth-order valence-corrected chi connectivity index (χ4v) is 4.45. The number of rotatable bonds is 6. The van der Waals surface area contributed by atoms with E-state index in [4.69, 9.17) is 16.7 Å². The monoisotopic (exact) mass is 452 g/mol. The first-order valence-corrected chi connectivity index (χ1v) is 10.1. The molecule has 0 atom stereocenters. The molecule has 156 valence electrons. The number of nitrogens with one attached hydrogen (secondary N) is 1. The molecule has 30 heavy (non-hydrogen) atoms. The number of carboxylic acid groups (broad SMARTS) is 2. The van der Waals surface area contributed by atoms with E-state index < -0.39 is 43.3 Å². The third-order valence-corrected chi connectivity index (χ3v) is 6.06. The summed E-state index contributed by atoms with van der Waals surface area (Å²) in [5.41, 5.74) is 0.405. The fourth-order valence-electron chi connectivity index (χ4n) is 2.86. The van der Waals surface area contributed by atoms with E-state index in [2.05, 4.69) is 4.72 Å². The highest BCUT2D eigenvalue weighted by Gasteiger charge is 2.23. The van der Waals surface area contributed by atoms with Crippen LogP contribution in [0.3, 0.4) is 0 Å². The summed E-state index contributed by atoms with van der Waals surface area (Å²) in [6.07, 6.45) is 1.56. The van der Waals surface area contributed by atoms with Gasteiger partial charge >= 0.3 is 11.9 Å². The Morgan fingerprint density at radius 3 is 2.40 bits per heavy atom. The van der Waals surface area contributed by atoms with Gasteiger partial charge in [0.05, 0.1) is 10.6 Å². The van der Waals surface area contributed by atoms with Crippen molar-refractivity contribution in [3.63, 3.8) is 0 Å². The number of carbonyl (C=O) groups is 2. The molecule has 3 rings (SSSR count). The second-order valence-electron chi connectivity index (χ2n) is 6.24. The van der Waals surface area contributed by atoms with Crippen LogP contribution in [-0.4, -0.2) is 35.1 Å². The van der Waals surface area contributed by atoms with Crippen LogP contribution in [-0.2, 0) is 10.0 Å². The third kappa shape index (κ3) is 4.00. The van der Waals surface area contributed by atoms with Gasteiger partial charge in [0.2, 0.25) is 0 Å². The van der Waals surface area contributed by atoms with Gasteiger partial charge < -0.3 is 14.8 Å². The molecule has 1 aromatic heterocycles. The average Bonchev–Trinajstić information content (AvgIpc) is 3.10. The zero-order valence-electron chi connectivity index (χ0n) is 15.3. The number of halogens is 2. The molecular weight excluding hydrogens is 439 g/mol. The lowest BCUT2D eigenvalue weighted by Gasteiger charge is -2.14. The summed E-state index contributed by atoms with van der Waals surface area (Å²) in [7, 11) is -4.33. The Hall–Kier alpha value is -3.37. The molecular formula is C19H14ClFN2O6S. The molecule has 11 heteroatoms. The smallest absolute Gasteiger partial charge is 0.352 e. The zero-order chi connectivity index (χ0) is 22.2. The molecule has 0 amide bonds. The molecule has 0 aliphatic carbocycles. The van der Waals surface area contributed by atoms with E-state index >= 15 is 0 Å². The van der Waals surface area contributed by atoms with Gasteiger partial charge in [0.1, 0.15) is 16.4 Å². The van der Waals surface area contributed by atoms with E-state index in [0.717, 1.165) is 0 Å². The molecule has 1 heterocycles. The number of nitrogens with zero attached hydrogens (tertiary/aromatic N) is 1. The number of hydrogen-bond acceptors (Lipinski definition) is 4. The Bertz CT molecular complexity index is 1290. The number of benzene rings is 2. The summed E-state index contributed by atoms with van der Waals surface area (Å²) in [6, 6.07) is 8.64. The highest BCUT2D eigenvalue weighted by molar-refractivity contribution is 7.92. The minimum atomic E-state index is -4.33. The Kier molecular flexibility index (Phi) is 5.55. The van der Waals surface area contributed by atoms with Gasteiger partial charge in [-0.15, -0.1) is 0 Å². The molecule has 3 N–H and O–H groups in total. The first kappa shape index (κ1) is 21.3. The van der Waals surface area contributed by atoms with Crippen LogP contribution in [0.5, 0.6) is 0 Å². The van der Waals surface area contributed by atoms with E-state index in [-0.39, 0.29) is 11.4 Å². The Balaban J connectivity index is 1.98. The van der Waals surface area contributed by atoms with E-state index in [1.54, 1.807) is 19.2 Å². The lowest BCUT2D eigenvalue weighted by molar-refractivity contribution is 0.0679. The topological polar surface area (TPSA) is 126 Å². The standard InChI is InChI=1S/C19H14ClFN2O6S/c1-10-7-11(4-5-15(10)23-6-2-3-16(23)19(26)27)22-30(28,29)17-8-12(18(24)25)14(21)9-13(17)20/h2-9,22H,1H3,(H,24,25)(H,26,27). The molecule has 0 fully saturated rings. The third-order valence-electron chi connectivity index (χ3n) is 4.22. The van der Waals surface area contributed by atoms with Crippen molar-refractivity contribution >= 4 is 39.3 Å². The summed E-state index contributed by atoms with van der Waals surface area (Å²) >= 11 is 5.82. The minimum Gasteiger partial charge on any atom is -0.478 e. The van der Waals surface area contributed by atoms with Gasteiger partial charge in [-0.3, -0.25) is 4.72 Å². The van der Waals surface area contributed by atoms with Crippen LogP contribution in [0, 0.1) is 12.7 Å². The molecule has 0 aliphatic heterocycles. The second-order valence-corrected chi connectivity index (χ2v) is 8.30. The number of carboxylic acids is 2. The van der Waals surface area contributed by atoms with Crippen LogP contribution in [0.4, 0.5) is 10.1 Å². The Labute approximate surface area is 175 Å². The normalized spacial score (nSPS) is 11.3. The maximum absolute atomic E-state index is 13.7. The van der Waals surface area contributed by atoms with Crippen LogP contribution in [0.15, 0.2) is 53.6 Å². The largest absolute Gasteiger partial charge is 0.478 e. The van der Waals surface area contributed by atoms with Gasteiger partial charge in [-0.05, 0) is 55.0 Å². The van der Waals surface area contributed by atoms with Crippen molar-refractivity contribution in [3.05, 3.63) is 76.3 Å². The second kappa shape index (κ2) is 7.81. The highest BCUT2D eigenvalue weighted by atomic mass is 35.5. The SMILES string of the molecule is Cc1cc(NS(=O)(=O)c2cc(C(=O)O)c(F)cc2Cl)ccc1-n1cccc1C(=O)O. The van der Waals surface area contributed by atoms with E-state index in [0.29, 0.717) is 23.4 Å². The summed E-state index contributed by atoms with van der Waals surface area (Å²) in [4.78, 5) is 21.8. The van der Waals surface area contributed by atoms with Crippen molar-refractivity contribution in [1.29, 1.82) is 0 Å². The van der Waals surface area contributed by atoms with E-state index in [1.807, 2.05) is 0 Å². The lowest BCUT2D eigenvalue weighted by atomic mass is 10.1.